The maximum Gasteiger partial charge on any atom is 0.225 e. The highest BCUT2D eigenvalue weighted by atomic mass is 16.2. The van der Waals surface area contributed by atoms with Crippen molar-refractivity contribution in [1.82, 2.24) is 10.6 Å². The lowest BCUT2D eigenvalue weighted by molar-refractivity contribution is -0.132. The molecular formula is C24H46N2O2. The predicted molar refractivity (Wildman–Crippen MR) is 118 cm³/mol. The van der Waals surface area contributed by atoms with Crippen molar-refractivity contribution >= 4 is 11.8 Å². The van der Waals surface area contributed by atoms with Crippen LogP contribution < -0.4 is 10.6 Å². The van der Waals surface area contributed by atoms with Crippen LogP contribution in [-0.4, -0.2) is 24.4 Å². The van der Waals surface area contributed by atoms with E-state index in [4.69, 9.17) is 0 Å². The largest absolute Gasteiger partial charge is 0.355 e. The number of carbonyl (C=O) groups is 2. The summed E-state index contributed by atoms with van der Waals surface area (Å²) in [5.74, 6) is 0.294. The Morgan fingerprint density at radius 2 is 1.57 bits per heavy atom. The summed E-state index contributed by atoms with van der Waals surface area (Å²) >= 11 is 0. The van der Waals surface area contributed by atoms with E-state index >= 15 is 0 Å². The SMILES string of the molecule is CCCCC(C)(C)C(=O)NCC1(C)CC(NC(=O)C(C)(C)CC)CC(C)(C)C1. The van der Waals surface area contributed by atoms with E-state index in [-0.39, 0.29) is 39.5 Å². The molecule has 0 heterocycles. The van der Waals surface area contributed by atoms with Gasteiger partial charge in [-0.1, -0.05) is 75.2 Å². The molecule has 0 aromatic rings. The van der Waals surface area contributed by atoms with Crippen molar-refractivity contribution in [1.29, 1.82) is 0 Å². The van der Waals surface area contributed by atoms with E-state index in [0.29, 0.717) is 6.54 Å². The zero-order chi connectivity index (χ0) is 21.8. The third-order valence-corrected chi connectivity index (χ3v) is 6.72. The summed E-state index contributed by atoms with van der Waals surface area (Å²) in [6.45, 7) is 19.8. The Kier molecular flexibility index (Phi) is 8.18. The summed E-state index contributed by atoms with van der Waals surface area (Å²) in [7, 11) is 0. The zero-order valence-corrected chi connectivity index (χ0v) is 20.1. The summed E-state index contributed by atoms with van der Waals surface area (Å²) in [5, 5.41) is 6.56. The van der Waals surface area contributed by atoms with E-state index in [1.54, 1.807) is 0 Å². The van der Waals surface area contributed by atoms with Crippen molar-refractivity contribution in [3.63, 3.8) is 0 Å². The minimum Gasteiger partial charge on any atom is -0.355 e. The Balaban J connectivity index is 2.79. The highest BCUT2D eigenvalue weighted by molar-refractivity contribution is 5.82. The van der Waals surface area contributed by atoms with Gasteiger partial charge in [0.05, 0.1) is 0 Å². The Bertz CT molecular complexity index is 551. The molecule has 1 aliphatic carbocycles. The molecule has 0 aromatic carbocycles. The first-order chi connectivity index (χ1) is 12.7. The summed E-state index contributed by atoms with van der Waals surface area (Å²) in [6.07, 6.45) is 6.89. The van der Waals surface area contributed by atoms with Gasteiger partial charge in [0.2, 0.25) is 11.8 Å². The van der Waals surface area contributed by atoms with Crippen molar-refractivity contribution in [3.05, 3.63) is 0 Å². The molecule has 0 spiro atoms. The fraction of sp³-hybridized carbons (Fsp3) is 0.917. The first-order valence-electron chi connectivity index (χ1n) is 11.3. The van der Waals surface area contributed by atoms with E-state index in [0.717, 1.165) is 44.9 Å². The second kappa shape index (κ2) is 9.17. The number of unbranched alkanes of at least 4 members (excludes halogenated alkanes) is 1. The molecule has 2 N–H and O–H groups in total. The van der Waals surface area contributed by atoms with Crippen LogP contribution in [0.1, 0.15) is 107 Å². The van der Waals surface area contributed by atoms with Gasteiger partial charge in [0.1, 0.15) is 0 Å². The van der Waals surface area contributed by atoms with Crippen LogP contribution in [0.5, 0.6) is 0 Å². The molecule has 0 bridgehead atoms. The number of hydrogen-bond donors (Lipinski definition) is 2. The Morgan fingerprint density at radius 3 is 2.11 bits per heavy atom. The number of nitrogens with one attached hydrogen (secondary N) is 2. The minimum atomic E-state index is -0.338. The van der Waals surface area contributed by atoms with Crippen LogP contribution in [0.3, 0.4) is 0 Å². The van der Waals surface area contributed by atoms with Crippen molar-refractivity contribution in [3.8, 4) is 0 Å². The van der Waals surface area contributed by atoms with Crippen LogP contribution in [0.25, 0.3) is 0 Å². The summed E-state index contributed by atoms with van der Waals surface area (Å²) in [5.41, 5.74) is -0.527. The molecule has 1 aliphatic rings. The maximum atomic E-state index is 12.8. The highest BCUT2D eigenvalue weighted by Gasteiger charge is 2.43. The molecule has 0 saturated heterocycles. The average molecular weight is 395 g/mol. The third-order valence-electron chi connectivity index (χ3n) is 6.72. The first-order valence-corrected chi connectivity index (χ1v) is 11.3. The standard InChI is InChI=1S/C24H46N2O2/c1-10-12-13-23(7,8)19(27)25-17-24(9)15-18(14-21(3,4)16-24)26-20(28)22(5,6)11-2/h18H,10-17H2,1-9H3,(H,25,27)(H,26,28). The van der Waals surface area contributed by atoms with Gasteiger partial charge >= 0.3 is 0 Å². The molecule has 0 aromatic heterocycles. The van der Waals surface area contributed by atoms with Crippen LogP contribution >= 0.6 is 0 Å². The summed E-state index contributed by atoms with van der Waals surface area (Å²) in [6, 6.07) is 0.164. The molecule has 4 heteroatoms. The molecule has 28 heavy (non-hydrogen) atoms. The van der Waals surface area contributed by atoms with Gasteiger partial charge in [-0.2, -0.15) is 0 Å². The molecule has 4 nitrogen and oxygen atoms in total. The van der Waals surface area contributed by atoms with Crippen LogP contribution in [0.4, 0.5) is 0 Å². The number of hydrogen-bond acceptors (Lipinski definition) is 2. The molecule has 1 rings (SSSR count). The van der Waals surface area contributed by atoms with Crippen LogP contribution in [-0.2, 0) is 9.59 Å². The molecule has 2 amide bonds. The molecule has 2 atom stereocenters. The molecule has 0 radical (unpaired) electrons. The van der Waals surface area contributed by atoms with Gasteiger partial charge in [0.25, 0.3) is 0 Å². The van der Waals surface area contributed by atoms with Crippen LogP contribution in [0, 0.1) is 21.7 Å². The summed E-state index contributed by atoms with van der Waals surface area (Å²) in [4.78, 5) is 25.5. The van der Waals surface area contributed by atoms with E-state index < -0.39 is 0 Å². The molecule has 1 fully saturated rings. The third kappa shape index (κ3) is 7.08. The fourth-order valence-corrected chi connectivity index (χ4v) is 4.68. The first kappa shape index (κ1) is 25.0. The normalized spacial score (nSPS) is 25.2. The lowest BCUT2D eigenvalue weighted by atomic mass is 9.62. The number of carbonyl (C=O) groups excluding carboxylic acids is 2. The topological polar surface area (TPSA) is 58.2 Å². The number of amides is 2. The maximum absolute atomic E-state index is 12.8. The minimum absolute atomic E-state index is 0.00739. The monoisotopic (exact) mass is 394 g/mol. The van der Waals surface area contributed by atoms with Gasteiger partial charge in [-0.15, -0.1) is 0 Å². The lowest BCUT2D eigenvalue weighted by Crippen LogP contribution is -2.53. The Hall–Kier alpha value is -1.06. The molecule has 1 saturated carbocycles. The highest BCUT2D eigenvalue weighted by Crippen LogP contribution is 2.46. The summed E-state index contributed by atoms with van der Waals surface area (Å²) < 4.78 is 0. The Labute approximate surface area is 174 Å². The molecular weight excluding hydrogens is 348 g/mol. The lowest BCUT2D eigenvalue weighted by Gasteiger charge is -2.47. The van der Waals surface area contributed by atoms with Gasteiger partial charge in [-0.3, -0.25) is 9.59 Å². The average Bonchev–Trinajstić information content (AvgIpc) is 2.56. The second-order valence-electron chi connectivity index (χ2n) is 11.6. The van der Waals surface area contributed by atoms with Crippen LogP contribution in [0.15, 0.2) is 0 Å². The molecule has 164 valence electrons. The van der Waals surface area contributed by atoms with Gasteiger partial charge in [0, 0.05) is 23.4 Å². The fourth-order valence-electron chi connectivity index (χ4n) is 4.68. The van der Waals surface area contributed by atoms with Crippen molar-refractivity contribution in [2.75, 3.05) is 6.54 Å². The quantitative estimate of drug-likeness (QED) is 0.546. The van der Waals surface area contributed by atoms with E-state index in [9.17, 15) is 9.59 Å². The zero-order valence-electron chi connectivity index (χ0n) is 20.1. The molecule has 0 aliphatic heterocycles. The van der Waals surface area contributed by atoms with Crippen molar-refractivity contribution in [2.45, 2.75) is 113 Å². The van der Waals surface area contributed by atoms with Crippen molar-refractivity contribution in [2.24, 2.45) is 21.7 Å². The van der Waals surface area contributed by atoms with Gasteiger partial charge in [0.15, 0.2) is 0 Å². The van der Waals surface area contributed by atoms with Gasteiger partial charge < -0.3 is 10.6 Å². The van der Waals surface area contributed by atoms with Crippen LogP contribution in [0.2, 0.25) is 0 Å². The Morgan fingerprint density at radius 1 is 0.964 bits per heavy atom. The second-order valence-corrected chi connectivity index (χ2v) is 11.6. The van der Waals surface area contributed by atoms with Crippen molar-refractivity contribution < 1.29 is 9.59 Å². The predicted octanol–water partition coefficient (Wildman–Crippen LogP) is 5.46. The van der Waals surface area contributed by atoms with Gasteiger partial charge in [-0.05, 0) is 42.9 Å². The smallest absolute Gasteiger partial charge is 0.225 e. The van der Waals surface area contributed by atoms with E-state index in [1.807, 2.05) is 27.7 Å². The number of rotatable bonds is 9. The molecule has 2 unspecified atom stereocenters. The van der Waals surface area contributed by atoms with E-state index in [1.165, 1.54) is 0 Å². The van der Waals surface area contributed by atoms with E-state index in [2.05, 4.69) is 45.3 Å². The van der Waals surface area contributed by atoms with Gasteiger partial charge in [-0.25, -0.2) is 0 Å².